The minimum Gasteiger partial charge on any atom is -0.338 e. The number of anilines is 2. The minimum atomic E-state index is -0.0436. The van der Waals surface area contributed by atoms with E-state index in [2.05, 4.69) is 36.2 Å². The smallest absolute Gasteiger partial charge is 0.130 e. The van der Waals surface area contributed by atoms with Gasteiger partial charge in [0, 0.05) is 12.4 Å². The standard InChI is InChI=1S/C13H15N5/c1-13(2,3)18-9-11(8-16-18)17-12-5-4-10(6-14)7-15-12/h4-5,7-9H,1-3H3,(H,15,17). The Labute approximate surface area is 106 Å². The molecule has 2 aromatic heterocycles. The van der Waals surface area contributed by atoms with Crippen molar-refractivity contribution in [1.82, 2.24) is 14.8 Å². The van der Waals surface area contributed by atoms with Crippen molar-refractivity contribution in [1.29, 1.82) is 5.26 Å². The fourth-order valence-corrected chi connectivity index (χ4v) is 1.44. The molecular formula is C13H15N5. The summed E-state index contributed by atoms with van der Waals surface area (Å²) in [6.45, 7) is 6.26. The van der Waals surface area contributed by atoms with Gasteiger partial charge in [0.05, 0.1) is 23.0 Å². The highest BCUT2D eigenvalue weighted by molar-refractivity contribution is 5.54. The Morgan fingerprint density at radius 1 is 1.28 bits per heavy atom. The topological polar surface area (TPSA) is 66.5 Å². The number of pyridine rings is 1. The second-order valence-corrected chi connectivity index (χ2v) is 5.01. The second-order valence-electron chi connectivity index (χ2n) is 5.01. The summed E-state index contributed by atoms with van der Waals surface area (Å²) in [6.07, 6.45) is 5.22. The van der Waals surface area contributed by atoms with Crippen LogP contribution in [0.25, 0.3) is 0 Å². The van der Waals surface area contributed by atoms with Crippen LogP contribution in [0.3, 0.4) is 0 Å². The van der Waals surface area contributed by atoms with E-state index in [4.69, 9.17) is 5.26 Å². The van der Waals surface area contributed by atoms with Gasteiger partial charge in [-0.1, -0.05) is 0 Å². The molecule has 5 nitrogen and oxygen atoms in total. The monoisotopic (exact) mass is 241 g/mol. The van der Waals surface area contributed by atoms with Gasteiger partial charge in [-0.2, -0.15) is 10.4 Å². The Morgan fingerprint density at radius 2 is 2.06 bits per heavy atom. The predicted molar refractivity (Wildman–Crippen MR) is 69.5 cm³/mol. The van der Waals surface area contributed by atoms with Gasteiger partial charge in [0.25, 0.3) is 0 Å². The van der Waals surface area contributed by atoms with Gasteiger partial charge in [0.2, 0.25) is 0 Å². The zero-order valence-corrected chi connectivity index (χ0v) is 10.7. The summed E-state index contributed by atoms with van der Waals surface area (Å²) in [5.74, 6) is 0.697. The van der Waals surface area contributed by atoms with Gasteiger partial charge < -0.3 is 5.32 Å². The Morgan fingerprint density at radius 3 is 2.56 bits per heavy atom. The van der Waals surface area contributed by atoms with Crippen LogP contribution < -0.4 is 5.32 Å². The highest BCUT2D eigenvalue weighted by atomic mass is 15.3. The lowest BCUT2D eigenvalue weighted by molar-refractivity contribution is 0.355. The van der Waals surface area contributed by atoms with E-state index < -0.39 is 0 Å². The first-order valence-electron chi connectivity index (χ1n) is 5.67. The van der Waals surface area contributed by atoms with E-state index in [0.29, 0.717) is 11.4 Å². The molecule has 92 valence electrons. The van der Waals surface area contributed by atoms with E-state index in [1.807, 2.05) is 16.9 Å². The summed E-state index contributed by atoms with van der Waals surface area (Å²) < 4.78 is 1.89. The van der Waals surface area contributed by atoms with Crippen LogP contribution in [-0.2, 0) is 5.54 Å². The second kappa shape index (κ2) is 4.49. The summed E-state index contributed by atoms with van der Waals surface area (Å²) in [7, 11) is 0. The van der Waals surface area contributed by atoms with E-state index in [1.54, 1.807) is 18.3 Å². The molecule has 2 aromatic rings. The van der Waals surface area contributed by atoms with Crippen LogP contribution >= 0.6 is 0 Å². The quantitative estimate of drug-likeness (QED) is 0.877. The third kappa shape index (κ3) is 2.66. The number of rotatable bonds is 2. The van der Waals surface area contributed by atoms with E-state index in [9.17, 15) is 0 Å². The summed E-state index contributed by atoms with van der Waals surface area (Å²) in [4.78, 5) is 4.15. The summed E-state index contributed by atoms with van der Waals surface area (Å²) in [5.41, 5.74) is 1.38. The molecule has 0 bridgehead atoms. The fourth-order valence-electron chi connectivity index (χ4n) is 1.44. The van der Waals surface area contributed by atoms with Gasteiger partial charge >= 0.3 is 0 Å². The van der Waals surface area contributed by atoms with E-state index in [0.717, 1.165) is 5.69 Å². The maximum Gasteiger partial charge on any atom is 0.130 e. The molecule has 0 atom stereocenters. The molecule has 0 fully saturated rings. The van der Waals surface area contributed by atoms with Crippen LogP contribution in [0, 0.1) is 11.3 Å². The van der Waals surface area contributed by atoms with Crippen molar-refractivity contribution >= 4 is 11.5 Å². The zero-order valence-electron chi connectivity index (χ0n) is 10.7. The van der Waals surface area contributed by atoms with Crippen LogP contribution in [-0.4, -0.2) is 14.8 Å². The number of aromatic nitrogens is 3. The molecule has 0 spiro atoms. The van der Waals surface area contributed by atoms with Crippen molar-refractivity contribution in [3.05, 3.63) is 36.3 Å². The normalized spacial score (nSPS) is 11.0. The van der Waals surface area contributed by atoms with E-state index in [-0.39, 0.29) is 5.54 Å². The van der Waals surface area contributed by atoms with Gasteiger partial charge in [-0.05, 0) is 32.9 Å². The maximum absolute atomic E-state index is 8.69. The molecule has 18 heavy (non-hydrogen) atoms. The molecule has 0 aliphatic heterocycles. The lowest BCUT2D eigenvalue weighted by Crippen LogP contribution is -2.21. The first kappa shape index (κ1) is 12.1. The van der Waals surface area contributed by atoms with Crippen molar-refractivity contribution in [2.24, 2.45) is 0 Å². The average molecular weight is 241 g/mol. The van der Waals surface area contributed by atoms with Crippen LogP contribution in [0.15, 0.2) is 30.7 Å². The molecule has 0 amide bonds. The van der Waals surface area contributed by atoms with Crippen LogP contribution in [0.4, 0.5) is 11.5 Å². The van der Waals surface area contributed by atoms with E-state index in [1.165, 1.54) is 6.20 Å². The summed E-state index contributed by atoms with van der Waals surface area (Å²) >= 11 is 0. The molecule has 1 N–H and O–H groups in total. The molecule has 0 aliphatic rings. The molecule has 0 aliphatic carbocycles. The van der Waals surface area contributed by atoms with Gasteiger partial charge in [-0.25, -0.2) is 4.98 Å². The van der Waals surface area contributed by atoms with Crippen molar-refractivity contribution < 1.29 is 0 Å². The Kier molecular flexibility index (Phi) is 3.02. The average Bonchev–Trinajstić information content (AvgIpc) is 2.78. The van der Waals surface area contributed by atoms with Crippen molar-refractivity contribution in [2.75, 3.05) is 5.32 Å². The third-order valence-electron chi connectivity index (χ3n) is 2.43. The van der Waals surface area contributed by atoms with Gasteiger partial charge in [-0.15, -0.1) is 0 Å². The largest absolute Gasteiger partial charge is 0.338 e. The Bertz CT molecular complexity index is 569. The fraction of sp³-hybridized carbons (Fsp3) is 0.308. The molecule has 0 aromatic carbocycles. The number of nitrogens with zero attached hydrogens (tertiary/aromatic N) is 4. The van der Waals surface area contributed by atoms with Crippen LogP contribution in [0.1, 0.15) is 26.3 Å². The molecular weight excluding hydrogens is 226 g/mol. The van der Waals surface area contributed by atoms with Crippen LogP contribution in [0.5, 0.6) is 0 Å². The Hall–Kier alpha value is -2.35. The SMILES string of the molecule is CC(C)(C)n1cc(Nc2ccc(C#N)cn2)cn1. The highest BCUT2D eigenvalue weighted by Gasteiger charge is 2.13. The first-order chi connectivity index (χ1) is 8.49. The molecule has 0 radical (unpaired) electrons. The minimum absolute atomic E-state index is 0.0436. The van der Waals surface area contributed by atoms with Crippen molar-refractivity contribution in [3.8, 4) is 6.07 Å². The third-order valence-corrected chi connectivity index (χ3v) is 2.43. The van der Waals surface area contributed by atoms with Crippen LogP contribution in [0.2, 0.25) is 0 Å². The number of nitrogens with one attached hydrogen (secondary N) is 1. The Balaban J connectivity index is 2.14. The summed E-state index contributed by atoms with van der Waals surface area (Å²) in [6, 6.07) is 5.53. The first-order valence-corrected chi connectivity index (χ1v) is 5.67. The maximum atomic E-state index is 8.69. The molecule has 0 saturated carbocycles. The van der Waals surface area contributed by atoms with Gasteiger partial charge in [-0.3, -0.25) is 4.68 Å². The number of hydrogen-bond donors (Lipinski definition) is 1. The molecule has 0 unspecified atom stereocenters. The lowest BCUT2D eigenvalue weighted by atomic mass is 10.1. The lowest BCUT2D eigenvalue weighted by Gasteiger charge is -2.18. The predicted octanol–water partition coefficient (Wildman–Crippen LogP) is 2.65. The molecule has 2 heterocycles. The highest BCUT2D eigenvalue weighted by Crippen LogP contribution is 2.18. The molecule has 2 rings (SSSR count). The van der Waals surface area contributed by atoms with Gasteiger partial charge in [0.15, 0.2) is 0 Å². The molecule has 0 saturated heterocycles. The zero-order chi connectivity index (χ0) is 13.2. The van der Waals surface area contributed by atoms with E-state index >= 15 is 0 Å². The van der Waals surface area contributed by atoms with Crippen molar-refractivity contribution in [2.45, 2.75) is 26.3 Å². The van der Waals surface area contributed by atoms with Crippen molar-refractivity contribution in [3.63, 3.8) is 0 Å². The van der Waals surface area contributed by atoms with Gasteiger partial charge in [0.1, 0.15) is 11.9 Å². The number of nitriles is 1. The summed E-state index contributed by atoms with van der Waals surface area (Å²) in [5, 5.41) is 16.1. The number of hydrogen-bond acceptors (Lipinski definition) is 4. The molecule has 5 heteroatoms.